The maximum Gasteiger partial charge on any atom is 0.195 e. The Labute approximate surface area is 101 Å². The lowest BCUT2D eigenvalue weighted by atomic mass is 9.99. The lowest BCUT2D eigenvalue weighted by Gasteiger charge is -2.09. The molecule has 1 N–H and O–H groups in total. The number of aryl methyl sites for hydroxylation is 1. The van der Waals surface area contributed by atoms with Crippen LogP contribution in [0.1, 0.15) is 27.6 Å². The highest BCUT2D eigenvalue weighted by atomic mass is 16.3. The molecule has 2 aromatic carbocycles. The van der Waals surface area contributed by atoms with Gasteiger partial charge in [-0.1, -0.05) is 60.2 Å². The van der Waals surface area contributed by atoms with E-state index < -0.39 is 6.10 Å². The molecule has 2 rings (SSSR count). The average Bonchev–Trinajstić information content (AvgIpc) is 2.39. The van der Waals surface area contributed by atoms with E-state index in [9.17, 15) is 9.90 Å². The number of ketones is 1. The summed E-state index contributed by atoms with van der Waals surface area (Å²) in [4.78, 5) is 12.0. The monoisotopic (exact) mass is 226 g/mol. The largest absolute Gasteiger partial charge is 0.380 e. The minimum atomic E-state index is -1.08. The van der Waals surface area contributed by atoms with Crippen LogP contribution in [0.25, 0.3) is 0 Å². The van der Waals surface area contributed by atoms with Crippen molar-refractivity contribution in [1.82, 2.24) is 0 Å². The first-order valence-electron chi connectivity index (χ1n) is 5.52. The van der Waals surface area contributed by atoms with Gasteiger partial charge in [0.2, 0.25) is 0 Å². The van der Waals surface area contributed by atoms with Gasteiger partial charge in [-0.15, -0.1) is 0 Å². The molecule has 2 nitrogen and oxygen atoms in total. The second kappa shape index (κ2) is 4.93. The fraction of sp³-hybridized carbons (Fsp3) is 0.133. The van der Waals surface area contributed by atoms with Crippen molar-refractivity contribution < 1.29 is 9.90 Å². The molecule has 0 heterocycles. The number of carbonyl (C=O) groups is 1. The highest BCUT2D eigenvalue weighted by Crippen LogP contribution is 2.18. The van der Waals surface area contributed by atoms with Gasteiger partial charge in [0.15, 0.2) is 5.78 Å². The maximum atomic E-state index is 12.0. The molecule has 2 aromatic rings. The number of hydrogen-bond acceptors (Lipinski definition) is 2. The van der Waals surface area contributed by atoms with E-state index in [1.165, 1.54) is 0 Å². The van der Waals surface area contributed by atoms with Gasteiger partial charge in [0.25, 0.3) is 0 Å². The first-order chi connectivity index (χ1) is 8.18. The fourth-order valence-corrected chi connectivity index (χ4v) is 1.66. The van der Waals surface area contributed by atoms with Crippen LogP contribution in [0.15, 0.2) is 54.6 Å². The van der Waals surface area contributed by atoms with Gasteiger partial charge in [0.05, 0.1) is 0 Å². The van der Waals surface area contributed by atoms with Crippen LogP contribution < -0.4 is 0 Å². The minimum absolute atomic E-state index is 0.267. The Morgan fingerprint density at radius 1 is 1.00 bits per heavy atom. The van der Waals surface area contributed by atoms with Gasteiger partial charge in [0, 0.05) is 5.56 Å². The van der Waals surface area contributed by atoms with E-state index in [2.05, 4.69) is 0 Å². The van der Waals surface area contributed by atoms with E-state index >= 15 is 0 Å². The van der Waals surface area contributed by atoms with Gasteiger partial charge in [-0.3, -0.25) is 4.79 Å². The van der Waals surface area contributed by atoms with Crippen molar-refractivity contribution >= 4 is 5.78 Å². The van der Waals surface area contributed by atoms with Gasteiger partial charge >= 0.3 is 0 Å². The summed E-state index contributed by atoms with van der Waals surface area (Å²) in [5, 5.41) is 9.96. The molecule has 2 heteroatoms. The number of aliphatic hydroxyl groups is 1. The molecule has 0 radical (unpaired) electrons. The van der Waals surface area contributed by atoms with Gasteiger partial charge in [-0.25, -0.2) is 0 Å². The van der Waals surface area contributed by atoms with E-state index in [0.29, 0.717) is 11.1 Å². The third kappa shape index (κ3) is 2.60. The molecule has 0 aliphatic carbocycles. The molecule has 0 unspecified atom stereocenters. The Morgan fingerprint density at radius 2 is 1.59 bits per heavy atom. The lowest BCUT2D eigenvalue weighted by Crippen LogP contribution is -2.12. The van der Waals surface area contributed by atoms with Crippen LogP contribution in [0.5, 0.6) is 0 Å². The number of carbonyl (C=O) groups excluding carboxylic acids is 1. The molecule has 0 amide bonds. The molecule has 1 atom stereocenters. The van der Waals surface area contributed by atoms with Crippen molar-refractivity contribution in [3.63, 3.8) is 0 Å². The lowest BCUT2D eigenvalue weighted by molar-refractivity contribution is 0.0747. The first kappa shape index (κ1) is 11.6. The number of benzene rings is 2. The summed E-state index contributed by atoms with van der Waals surface area (Å²) >= 11 is 0. The zero-order chi connectivity index (χ0) is 12.3. The van der Waals surface area contributed by atoms with Crippen LogP contribution in [0.3, 0.4) is 0 Å². The summed E-state index contributed by atoms with van der Waals surface area (Å²) in [5.41, 5.74) is 2.25. The second-order valence-corrected chi connectivity index (χ2v) is 4.04. The molecule has 0 saturated heterocycles. The Balaban J connectivity index is 2.23. The van der Waals surface area contributed by atoms with Gasteiger partial charge in [-0.2, -0.15) is 0 Å². The van der Waals surface area contributed by atoms with Crippen molar-refractivity contribution in [3.8, 4) is 0 Å². The quantitative estimate of drug-likeness (QED) is 0.817. The van der Waals surface area contributed by atoms with Gasteiger partial charge < -0.3 is 5.11 Å². The van der Waals surface area contributed by atoms with Crippen LogP contribution in [0.2, 0.25) is 0 Å². The minimum Gasteiger partial charge on any atom is -0.380 e. The van der Waals surface area contributed by atoms with Crippen molar-refractivity contribution in [2.24, 2.45) is 0 Å². The molecule has 0 aliphatic heterocycles. The highest BCUT2D eigenvalue weighted by Gasteiger charge is 2.18. The van der Waals surface area contributed by atoms with Crippen LogP contribution in [-0.4, -0.2) is 10.9 Å². The molecular formula is C15H14O2. The smallest absolute Gasteiger partial charge is 0.195 e. The summed E-state index contributed by atoms with van der Waals surface area (Å²) in [6, 6.07) is 16.2. The highest BCUT2D eigenvalue weighted by molar-refractivity contribution is 5.99. The zero-order valence-electron chi connectivity index (χ0n) is 9.63. The molecule has 86 valence electrons. The first-order valence-corrected chi connectivity index (χ1v) is 5.52. The van der Waals surface area contributed by atoms with Crippen molar-refractivity contribution in [1.29, 1.82) is 0 Å². The third-order valence-corrected chi connectivity index (χ3v) is 2.70. The molecule has 0 aromatic heterocycles. The standard InChI is InChI=1S/C15H14O2/c1-11-7-9-13(10-8-11)15(17)14(16)12-5-3-2-4-6-12/h2-10,14,16H,1H3/t14-/m1/s1. The molecule has 0 aliphatic rings. The number of Topliss-reactive ketones (excluding diaryl/α,β-unsaturated/α-hetero) is 1. The predicted octanol–water partition coefficient (Wildman–Crippen LogP) is 2.91. The second-order valence-electron chi connectivity index (χ2n) is 4.04. The summed E-state index contributed by atoms with van der Waals surface area (Å²) in [6.07, 6.45) is -1.08. The van der Waals surface area contributed by atoms with Crippen LogP contribution in [-0.2, 0) is 0 Å². The summed E-state index contributed by atoms with van der Waals surface area (Å²) in [6.45, 7) is 1.96. The maximum absolute atomic E-state index is 12.0. The summed E-state index contributed by atoms with van der Waals surface area (Å²) in [5.74, 6) is -0.267. The zero-order valence-corrected chi connectivity index (χ0v) is 9.63. The fourth-order valence-electron chi connectivity index (χ4n) is 1.66. The Kier molecular flexibility index (Phi) is 3.35. The average molecular weight is 226 g/mol. The van der Waals surface area contributed by atoms with E-state index in [4.69, 9.17) is 0 Å². The van der Waals surface area contributed by atoms with E-state index in [0.717, 1.165) is 5.56 Å². The van der Waals surface area contributed by atoms with Crippen LogP contribution >= 0.6 is 0 Å². The van der Waals surface area contributed by atoms with Gasteiger partial charge in [0.1, 0.15) is 6.10 Å². The molecule has 0 spiro atoms. The Bertz CT molecular complexity index is 500. The van der Waals surface area contributed by atoms with Crippen molar-refractivity contribution in [2.45, 2.75) is 13.0 Å². The number of hydrogen-bond donors (Lipinski definition) is 1. The number of rotatable bonds is 3. The molecule has 0 fully saturated rings. The summed E-state index contributed by atoms with van der Waals surface area (Å²) in [7, 11) is 0. The van der Waals surface area contributed by atoms with Crippen LogP contribution in [0.4, 0.5) is 0 Å². The SMILES string of the molecule is Cc1ccc(C(=O)[C@H](O)c2ccccc2)cc1. The molecule has 0 bridgehead atoms. The van der Waals surface area contributed by atoms with Crippen LogP contribution in [0, 0.1) is 6.92 Å². The van der Waals surface area contributed by atoms with E-state index in [1.54, 1.807) is 36.4 Å². The molecule has 0 saturated carbocycles. The Morgan fingerprint density at radius 3 is 2.18 bits per heavy atom. The molecular weight excluding hydrogens is 212 g/mol. The van der Waals surface area contributed by atoms with Gasteiger partial charge in [-0.05, 0) is 12.5 Å². The predicted molar refractivity (Wildman–Crippen MR) is 66.9 cm³/mol. The summed E-state index contributed by atoms with van der Waals surface area (Å²) < 4.78 is 0. The van der Waals surface area contributed by atoms with E-state index in [-0.39, 0.29) is 5.78 Å². The van der Waals surface area contributed by atoms with Crippen molar-refractivity contribution in [2.75, 3.05) is 0 Å². The van der Waals surface area contributed by atoms with Crippen molar-refractivity contribution in [3.05, 3.63) is 71.3 Å². The number of aliphatic hydroxyl groups excluding tert-OH is 1. The van der Waals surface area contributed by atoms with E-state index in [1.807, 2.05) is 25.1 Å². The third-order valence-electron chi connectivity index (χ3n) is 2.70. The Hall–Kier alpha value is -1.93. The normalized spacial score (nSPS) is 12.1. The molecule has 17 heavy (non-hydrogen) atoms. The topological polar surface area (TPSA) is 37.3 Å².